The summed E-state index contributed by atoms with van der Waals surface area (Å²) in [5.74, 6) is 0. The molecular formula is C9H24N2O5. The normalized spacial score (nSPS) is 10.9. The van der Waals surface area contributed by atoms with Gasteiger partial charge < -0.3 is 36.3 Å². The van der Waals surface area contributed by atoms with E-state index >= 15 is 0 Å². The molecule has 0 radical (unpaired) electrons. The molecule has 7 nitrogen and oxygen atoms in total. The fourth-order valence-electron chi connectivity index (χ4n) is 0.478. The average Bonchev–Trinajstić information content (AvgIpc) is 2.34. The van der Waals surface area contributed by atoms with Crippen molar-refractivity contribution in [1.82, 2.24) is 0 Å². The van der Waals surface area contributed by atoms with Crippen molar-refractivity contribution in [1.29, 1.82) is 0 Å². The summed E-state index contributed by atoms with van der Waals surface area (Å²) in [5, 5.41) is 25.0. The number of hydrogen-bond acceptors (Lipinski definition) is 7. The Morgan fingerprint density at radius 2 is 1.50 bits per heavy atom. The molecule has 0 aromatic carbocycles. The molecular weight excluding hydrogens is 216 g/mol. The van der Waals surface area contributed by atoms with Gasteiger partial charge in [-0.1, -0.05) is 0 Å². The summed E-state index contributed by atoms with van der Waals surface area (Å²) in [6, 6.07) is 0. The highest BCUT2D eigenvalue weighted by molar-refractivity contribution is 4.80. The molecule has 0 heterocycles. The van der Waals surface area contributed by atoms with Crippen molar-refractivity contribution in [2.24, 2.45) is 11.5 Å². The van der Waals surface area contributed by atoms with E-state index in [2.05, 4.69) is 0 Å². The summed E-state index contributed by atoms with van der Waals surface area (Å²) >= 11 is 0. The van der Waals surface area contributed by atoms with Crippen molar-refractivity contribution in [3.63, 3.8) is 0 Å². The van der Waals surface area contributed by atoms with Crippen LogP contribution in [0, 0.1) is 0 Å². The van der Waals surface area contributed by atoms with Crippen LogP contribution in [0.15, 0.2) is 0 Å². The second kappa shape index (κ2) is 12.8. The Morgan fingerprint density at radius 1 is 1.00 bits per heavy atom. The highest BCUT2D eigenvalue weighted by Crippen LogP contribution is 1.93. The van der Waals surface area contributed by atoms with Gasteiger partial charge in [0.15, 0.2) is 0 Å². The van der Waals surface area contributed by atoms with Gasteiger partial charge in [-0.05, 0) is 0 Å². The second-order valence-corrected chi connectivity index (χ2v) is 3.23. The van der Waals surface area contributed by atoms with Crippen LogP contribution in [0.2, 0.25) is 0 Å². The molecule has 0 saturated heterocycles. The van der Waals surface area contributed by atoms with E-state index in [9.17, 15) is 0 Å². The van der Waals surface area contributed by atoms with Gasteiger partial charge in [0.25, 0.3) is 0 Å². The first-order valence-corrected chi connectivity index (χ1v) is 4.98. The molecule has 0 aliphatic carbocycles. The average molecular weight is 240 g/mol. The molecule has 0 saturated carbocycles. The van der Waals surface area contributed by atoms with E-state index in [1.54, 1.807) is 7.11 Å². The highest BCUT2D eigenvalue weighted by Gasteiger charge is 2.20. The Balaban J connectivity index is 0. The van der Waals surface area contributed by atoms with Gasteiger partial charge in [-0.3, -0.25) is 0 Å². The first kappa shape index (κ1) is 18.1. The number of aliphatic hydroxyl groups excluding tert-OH is 3. The molecule has 0 aliphatic heterocycles. The topological polar surface area (TPSA) is 131 Å². The first-order valence-electron chi connectivity index (χ1n) is 4.98. The van der Waals surface area contributed by atoms with E-state index < -0.39 is 25.4 Å². The van der Waals surface area contributed by atoms with Gasteiger partial charge in [0, 0.05) is 13.7 Å². The summed E-state index contributed by atoms with van der Waals surface area (Å²) in [4.78, 5) is 0. The Kier molecular flexibility index (Phi) is 14.5. The van der Waals surface area contributed by atoms with Crippen molar-refractivity contribution >= 4 is 0 Å². The van der Waals surface area contributed by atoms with Crippen LogP contribution < -0.4 is 11.5 Å². The first-order chi connectivity index (χ1) is 7.60. The minimum atomic E-state index is -1.21. The highest BCUT2D eigenvalue weighted by atomic mass is 16.5. The molecule has 0 spiro atoms. The SMILES string of the molecule is COCCOCCN.NC(CO)(CO)CO. The summed E-state index contributed by atoms with van der Waals surface area (Å²) < 4.78 is 9.70. The van der Waals surface area contributed by atoms with Gasteiger partial charge >= 0.3 is 0 Å². The smallest absolute Gasteiger partial charge is 0.0856 e. The lowest BCUT2D eigenvalue weighted by molar-refractivity contribution is 0.0698. The number of ether oxygens (including phenoxy) is 2. The van der Waals surface area contributed by atoms with Crippen LogP contribution in [0.25, 0.3) is 0 Å². The number of aliphatic hydroxyl groups is 3. The van der Waals surface area contributed by atoms with Crippen LogP contribution in [-0.2, 0) is 9.47 Å². The van der Waals surface area contributed by atoms with Gasteiger partial charge in [0.1, 0.15) is 0 Å². The standard InChI is InChI=1S/C5H13NO2.C4H11NO3/c1-7-4-5-8-3-2-6;5-4(1-6,2-7)3-8/h2-6H2,1H3;6-8H,1-3,5H2. The fraction of sp³-hybridized carbons (Fsp3) is 1.00. The Morgan fingerprint density at radius 3 is 1.75 bits per heavy atom. The number of methoxy groups -OCH3 is 1. The van der Waals surface area contributed by atoms with Crippen molar-refractivity contribution in [3.8, 4) is 0 Å². The van der Waals surface area contributed by atoms with E-state index in [-0.39, 0.29) is 0 Å². The van der Waals surface area contributed by atoms with E-state index in [0.29, 0.717) is 26.4 Å². The van der Waals surface area contributed by atoms with Crippen molar-refractivity contribution in [2.75, 3.05) is 53.3 Å². The van der Waals surface area contributed by atoms with E-state index in [4.69, 9.17) is 36.3 Å². The van der Waals surface area contributed by atoms with E-state index in [0.717, 1.165) is 0 Å². The van der Waals surface area contributed by atoms with Crippen LogP contribution in [0.3, 0.4) is 0 Å². The number of hydrogen-bond donors (Lipinski definition) is 5. The molecule has 0 amide bonds. The predicted octanol–water partition coefficient (Wildman–Crippen LogP) is -2.73. The lowest BCUT2D eigenvalue weighted by Gasteiger charge is -2.20. The molecule has 100 valence electrons. The molecule has 0 aliphatic rings. The van der Waals surface area contributed by atoms with Crippen LogP contribution in [0.4, 0.5) is 0 Å². The molecule has 0 aromatic rings. The van der Waals surface area contributed by atoms with E-state index in [1.165, 1.54) is 0 Å². The minimum Gasteiger partial charge on any atom is -0.394 e. The number of nitrogens with two attached hydrogens (primary N) is 2. The quantitative estimate of drug-likeness (QED) is 0.291. The molecule has 0 rings (SSSR count). The van der Waals surface area contributed by atoms with Gasteiger partial charge in [0.05, 0.1) is 45.2 Å². The largest absolute Gasteiger partial charge is 0.394 e. The Hall–Kier alpha value is -0.280. The van der Waals surface area contributed by atoms with Gasteiger partial charge in [-0.2, -0.15) is 0 Å². The Bertz CT molecular complexity index is 119. The monoisotopic (exact) mass is 240 g/mol. The lowest BCUT2D eigenvalue weighted by Crippen LogP contribution is -2.50. The molecule has 0 fully saturated rings. The summed E-state index contributed by atoms with van der Waals surface area (Å²) in [6.45, 7) is 1.31. The third-order valence-corrected chi connectivity index (χ3v) is 1.64. The zero-order valence-corrected chi connectivity index (χ0v) is 9.76. The maximum Gasteiger partial charge on any atom is 0.0856 e. The van der Waals surface area contributed by atoms with Gasteiger partial charge in [-0.25, -0.2) is 0 Å². The Labute approximate surface area is 96.0 Å². The fourth-order valence-corrected chi connectivity index (χ4v) is 0.478. The molecule has 7 heteroatoms. The molecule has 0 aromatic heterocycles. The minimum absolute atomic E-state index is 0.403. The number of rotatable bonds is 8. The predicted molar refractivity (Wildman–Crippen MR) is 59.9 cm³/mol. The molecule has 0 unspecified atom stereocenters. The van der Waals surface area contributed by atoms with Crippen LogP contribution in [0.5, 0.6) is 0 Å². The maximum absolute atomic E-state index is 8.34. The second-order valence-electron chi connectivity index (χ2n) is 3.23. The third-order valence-electron chi connectivity index (χ3n) is 1.64. The lowest BCUT2D eigenvalue weighted by atomic mass is 10.1. The van der Waals surface area contributed by atoms with Crippen molar-refractivity contribution in [3.05, 3.63) is 0 Å². The van der Waals surface area contributed by atoms with Crippen LogP contribution >= 0.6 is 0 Å². The third kappa shape index (κ3) is 11.8. The van der Waals surface area contributed by atoms with Gasteiger partial charge in [-0.15, -0.1) is 0 Å². The van der Waals surface area contributed by atoms with Gasteiger partial charge in [0.2, 0.25) is 0 Å². The van der Waals surface area contributed by atoms with E-state index in [1.807, 2.05) is 0 Å². The molecule has 7 N–H and O–H groups in total. The molecule has 0 atom stereocenters. The summed E-state index contributed by atoms with van der Waals surface area (Å²) in [5.41, 5.74) is 9.08. The zero-order chi connectivity index (χ0) is 12.9. The summed E-state index contributed by atoms with van der Waals surface area (Å²) in [7, 11) is 1.64. The van der Waals surface area contributed by atoms with Crippen LogP contribution in [0.1, 0.15) is 0 Å². The molecule has 0 bridgehead atoms. The van der Waals surface area contributed by atoms with Crippen molar-refractivity contribution < 1.29 is 24.8 Å². The zero-order valence-electron chi connectivity index (χ0n) is 9.76. The maximum atomic E-state index is 8.34. The summed E-state index contributed by atoms with van der Waals surface area (Å²) in [6.07, 6.45) is 0. The van der Waals surface area contributed by atoms with Crippen LogP contribution in [-0.4, -0.2) is 74.2 Å². The van der Waals surface area contributed by atoms with Crippen molar-refractivity contribution in [2.45, 2.75) is 5.54 Å². The molecule has 16 heavy (non-hydrogen) atoms.